The van der Waals surface area contributed by atoms with E-state index in [4.69, 9.17) is 5.73 Å². The fourth-order valence-corrected chi connectivity index (χ4v) is 2.60. The lowest BCUT2D eigenvalue weighted by atomic mass is 10.0. The molecule has 1 aliphatic rings. The molecule has 4 heteroatoms. The second kappa shape index (κ2) is 5.19. The molecule has 2 unspecified atom stereocenters. The number of hydrogen-bond acceptors (Lipinski definition) is 3. The zero-order chi connectivity index (χ0) is 12.4. The normalized spacial score (nSPS) is 19.6. The monoisotopic (exact) mass is 236 g/mol. The average Bonchev–Trinajstić information content (AvgIpc) is 3.02. The maximum atomic E-state index is 6.20. The fourth-order valence-electron chi connectivity index (χ4n) is 2.60. The minimum atomic E-state index is 0.145. The first-order valence-electron chi connectivity index (χ1n) is 6.63. The molecular weight excluding hydrogens is 212 g/mol. The van der Waals surface area contributed by atoms with Crippen molar-refractivity contribution in [3.63, 3.8) is 0 Å². The van der Waals surface area contributed by atoms with Crippen molar-refractivity contribution in [1.29, 1.82) is 0 Å². The molecule has 1 heterocycles. The van der Waals surface area contributed by atoms with E-state index in [0.717, 1.165) is 12.6 Å². The van der Waals surface area contributed by atoms with Crippen LogP contribution in [0.4, 0.5) is 0 Å². The maximum Gasteiger partial charge on any atom is 0.0538 e. The molecule has 0 aromatic carbocycles. The molecule has 1 aromatic rings. The number of nitrogens with two attached hydrogens (primary N) is 1. The minimum absolute atomic E-state index is 0.145. The molecule has 2 rings (SSSR count). The van der Waals surface area contributed by atoms with Crippen molar-refractivity contribution in [2.45, 2.75) is 51.2 Å². The predicted molar refractivity (Wildman–Crippen MR) is 69.6 cm³/mol. The Balaban J connectivity index is 2.20. The molecule has 17 heavy (non-hydrogen) atoms. The van der Waals surface area contributed by atoms with Crippen LogP contribution in [0.15, 0.2) is 12.4 Å². The number of rotatable bonds is 6. The highest BCUT2D eigenvalue weighted by molar-refractivity contribution is 5.14. The Labute approximate surface area is 104 Å². The summed E-state index contributed by atoms with van der Waals surface area (Å²) in [5.41, 5.74) is 7.45. The van der Waals surface area contributed by atoms with E-state index in [0.29, 0.717) is 6.04 Å². The van der Waals surface area contributed by atoms with Crippen LogP contribution in [0.2, 0.25) is 0 Å². The van der Waals surface area contributed by atoms with Crippen LogP contribution < -0.4 is 5.73 Å². The van der Waals surface area contributed by atoms with Gasteiger partial charge >= 0.3 is 0 Å². The lowest BCUT2D eigenvalue weighted by Crippen LogP contribution is -2.41. The number of nitrogens with zero attached hydrogens (tertiary/aromatic N) is 3. The van der Waals surface area contributed by atoms with Crippen LogP contribution in [0.1, 0.15) is 44.7 Å². The van der Waals surface area contributed by atoms with Gasteiger partial charge in [0.2, 0.25) is 0 Å². The summed E-state index contributed by atoms with van der Waals surface area (Å²) >= 11 is 0. The van der Waals surface area contributed by atoms with E-state index in [9.17, 15) is 0 Å². The first-order valence-corrected chi connectivity index (χ1v) is 6.63. The summed E-state index contributed by atoms with van der Waals surface area (Å²) in [7, 11) is 1.96. The molecule has 1 aromatic heterocycles. The summed E-state index contributed by atoms with van der Waals surface area (Å²) in [5.74, 6) is 0. The second-order valence-corrected chi connectivity index (χ2v) is 5.22. The highest BCUT2D eigenvalue weighted by Crippen LogP contribution is 2.35. The Kier molecular flexibility index (Phi) is 3.84. The van der Waals surface area contributed by atoms with Gasteiger partial charge in [0.25, 0.3) is 0 Å². The van der Waals surface area contributed by atoms with Gasteiger partial charge < -0.3 is 5.73 Å². The van der Waals surface area contributed by atoms with Gasteiger partial charge in [0, 0.05) is 30.9 Å². The molecule has 0 saturated heterocycles. The van der Waals surface area contributed by atoms with Crippen molar-refractivity contribution in [3.05, 3.63) is 18.0 Å². The average molecular weight is 236 g/mol. The molecule has 0 aliphatic heterocycles. The summed E-state index contributed by atoms with van der Waals surface area (Å²) in [6.07, 6.45) is 7.88. The smallest absolute Gasteiger partial charge is 0.0538 e. The Hall–Kier alpha value is -0.870. The molecule has 0 spiro atoms. The molecule has 0 radical (unpaired) electrons. The molecule has 1 saturated carbocycles. The molecule has 2 N–H and O–H groups in total. The van der Waals surface area contributed by atoms with Gasteiger partial charge in [0.15, 0.2) is 0 Å². The molecule has 4 nitrogen and oxygen atoms in total. The first kappa shape index (κ1) is 12.6. The molecular formula is C13H24N4. The summed E-state index contributed by atoms with van der Waals surface area (Å²) < 4.78 is 1.86. The van der Waals surface area contributed by atoms with Gasteiger partial charge in [-0.05, 0) is 32.7 Å². The number of aryl methyl sites for hydroxylation is 1. The van der Waals surface area contributed by atoms with Crippen LogP contribution in [-0.2, 0) is 7.05 Å². The zero-order valence-corrected chi connectivity index (χ0v) is 11.1. The van der Waals surface area contributed by atoms with E-state index in [1.807, 2.05) is 17.9 Å². The van der Waals surface area contributed by atoms with E-state index in [-0.39, 0.29) is 6.04 Å². The van der Waals surface area contributed by atoms with E-state index in [2.05, 4.69) is 30.0 Å². The van der Waals surface area contributed by atoms with Crippen molar-refractivity contribution in [2.24, 2.45) is 12.8 Å². The van der Waals surface area contributed by atoms with Crippen LogP contribution >= 0.6 is 0 Å². The van der Waals surface area contributed by atoms with Gasteiger partial charge in [-0.3, -0.25) is 9.58 Å². The van der Waals surface area contributed by atoms with Gasteiger partial charge in [0.1, 0.15) is 0 Å². The third-order valence-corrected chi connectivity index (χ3v) is 3.42. The molecule has 0 amide bonds. The number of hydrogen-bond donors (Lipinski definition) is 1. The highest BCUT2D eigenvalue weighted by atomic mass is 15.3. The van der Waals surface area contributed by atoms with Gasteiger partial charge in [-0.15, -0.1) is 0 Å². The van der Waals surface area contributed by atoms with E-state index in [1.165, 1.54) is 24.8 Å². The van der Waals surface area contributed by atoms with Crippen molar-refractivity contribution in [2.75, 3.05) is 6.54 Å². The van der Waals surface area contributed by atoms with Crippen LogP contribution in [0.3, 0.4) is 0 Å². The first-order chi connectivity index (χ1) is 8.13. The highest BCUT2D eigenvalue weighted by Gasteiger charge is 2.36. The van der Waals surface area contributed by atoms with Crippen LogP contribution in [0.5, 0.6) is 0 Å². The van der Waals surface area contributed by atoms with Crippen molar-refractivity contribution >= 4 is 0 Å². The molecule has 0 bridgehead atoms. The topological polar surface area (TPSA) is 47.1 Å². The fraction of sp³-hybridized carbons (Fsp3) is 0.769. The summed E-state index contributed by atoms with van der Waals surface area (Å²) in [6, 6.07) is 1.20. The molecule has 96 valence electrons. The van der Waals surface area contributed by atoms with Gasteiger partial charge in [0.05, 0.1) is 12.2 Å². The quantitative estimate of drug-likeness (QED) is 0.817. The zero-order valence-electron chi connectivity index (χ0n) is 11.1. The minimum Gasteiger partial charge on any atom is -0.326 e. The van der Waals surface area contributed by atoms with E-state index in [1.54, 1.807) is 0 Å². The number of aromatic nitrogens is 2. The lowest BCUT2D eigenvalue weighted by molar-refractivity contribution is 0.166. The molecule has 1 aliphatic carbocycles. The largest absolute Gasteiger partial charge is 0.326 e. The summed E-state index contributed by atoms with van der Waals surface area (Å²) in [5, 5.41) is 4.28. The third-order valence-electron chi connectivity index (χ3n) is 3.42. The van der Waals surface area contributed by atoms with Gasteiger partial charge in [-0.25, -0.2) is 0 Å². The maximum absolute atomic E-state index is 6.20. The Morgan fingerprint density at radius 3 is 2.71 bits per heavy atom. The Morgan fingerprint density at radius 2 is 2.29 bits per heavy atom. The summed E-state index contributed by atoms with van der Waals surface area (Å²) in [6.45, 7) is 5.46. The van der Waals surface area contributed by atoms with Crippen LogP contribution in [0.25, 0.3) is 0 Å². The third kappa shape index (κ3) is 2.87. The Morgan fingerprint density at radius 1 is 1.59 bits per heavy atom. The van der Waals surface area contributed by atoms with Crippen molar-refractivity contribution < 1.29 is 0 Å². The molecule has 2 atom stereocenters. The van der Waals surface area contributed by atoms with Crippen LogP contribution in [0, 0.1) is 0 Å². The van der Waals surface area contributed by atoms with Crippen molar-refractivity contribution in [3.8, 4) is 0 Å². The van der Waals surface area contributed by atoms with E-state index >= 15 is 0 Å². The van der Waals surface area contributed by atoms with Crippen molar-refractivity contribution in [1.82, 2.24) is 14.7 Å². The van der Waals surface area contributed by atoms with Gasteiger partial charge in [-0.1, -0.05) is 6.92 Å². The standard InChI is InChI=1S/C13H24N4/c1-4-7-17(12-5-6-12)13(10(2)14)11-8-15-16(3)9-11/h8-10,12-13H,4-7,14H2,1-3H3. The Bertz CT molecular complexity index is 354. The second-order valence-electron chi connectivity index (χ2n) is 5.22. The lowest BCUT2D eigenvalue weighted by Gasteiger charge is -2.33. The molecule has 1 fully saturated rings. The summed E-state index contributed by atoms with van der Waals surface area (Å²) in [4.78, 5) is 2.57. The van der Waals surface area contributed by atoms with Crippen LogP contribution in [-0.4, -0.2) is 33.3 Å². The predicted octanol–water partition coefficient (Wildman–Crippen LogP) is 1.68. The van der Waals surface area contributed by atoms with Gasteiger partial charge in [-0.2, -0.15) is 5.10 Å². The van der Waals surface area contributed by atoms with E-state index < -0.39 is 0 Å². The SMILES string of the molecule is CCCN(C1CC1)C(c1cnn(C)c1)C(C)N.